The highest BCUT2D eigenvalue weighted by Gasteiger charge is 2.08. The Morgan fingerprint density at radius 2 is 2.00 bits per heavy atom. The second kappa shape index (κ2) is 3.89. The van der Waals surface area contributed by atoms with Crippen LogP contribution in [0, 0.1) is 0 Å². The zero-order valence-electron chi connectivity index (χ0n) is 7.73. The van der Waals surface area contributed by atoms with E-state index >= 15 is 0 Å². The Kier molecular flexibility index (Phi) is 2.83. The highest BCUT2D eigenvalue weighted by atomic mass is 16.2. The summed E-state index contributed by atoms with van der Waals surface area (Å²) in [7, 11) is 0. The summed E-state index contributed by atoms with van der Waals surface area (Å²) in [4.78, 5) is 21.7. The van der Waals surface area contributed by atoms with Gasteiger partial charge in [0.2, 0.25) is 11.8 Å². The summed E-state index contributed by atoms with van der Waals surface area (Å²) >= 11 is 0. The van der Waals surface area contributed by atoms with Gasteiger partial charge in [-0.2, -0.15) is 0 Å². The highest BCUT2D eigenvalue weighted by Crippen LogP contribution is 2.13. The number of hydrogen-bond donors (Lipinski definition) is 2. The number of hydrogen-bond acceptors (Lipinski definition) is 3. The van der Waals surface area contributed by atoms with Crippen molar-refractivity contribution in [2.24, 2.45) is 11.6 Å². The van der Waals surface area contributed by atoms with Crippen LogP contribution < -0.4 is 16.6 Å². The Hall–Kier alpha value is -1.88. The van der Waals surface area contributed by atoms with Gasteiger partial charge in [-0.1, -0.05) is 6.07 Å². The molecule has 0 saturated carbocycles. The average Bonchev–Trinajstić information content (AvgIpc) is 2.16. The van der Waals surface area contributed by atoms with Crippen molar-refractivity contribution in [1.82, 2.24) is 0 Å². The molecule has 0 unspecified atom stereocenters. The van der Waals surface area contributed by atoms with Gasteiger partial charge in [0, 0.05) is 12.5 Å². The van der Waals surface area contributed by atoms with Gasteiger partial charge in [-0.3, -0.25) is 9.59 Å². The third-order valence-corrected chi connectivity index (χ3v) is 1.75. The van der Waals surface area contributed by atoms with E-state index in [1.165, 1.54) is 13.0 Å². The van der Waals surface area contributed by atoms with Crippen LogP contribution >= 0.6 is 0 Å². The van der Waals surface area contributed by atoms with Crippen LogP contribution in [-0.2, 0) is 4.79 Å². The molecule has 1 rings (SSSR count). The van der Waals surface area contributed by atoms with Crippen molar-refractivity contribution in [1.29, 1.82) is 0 Å². The molecule has 0 atom stereocenters. The minimum Gasteiger partial charge on any atom is -0.366 e. The molecule has 5 nitrogen and oxygen atoms in total. The van der Waals surface area contributed by atoms with Gasteiger partial charge in [-0.15, -0.1) is 0 Å². The van der Waals surface area contributed by atoms with Crippen LogP contribution in [0.3, 0.4) is 0 Å². The zero-order valence-corrected chi connectivity index (χ0v) is 7.73. The van der Waals surface area contributed by atoms with Crippen LogP contribution in [0.5, 0.6) is 0 Å². The van der Waals surface area contributed by atoms with Crippen molar-refractivity contribution in [3.63, 3.8) is 0 Å². The molecule has 0 heterocycles. The minimum absolute atomic E-state index is 0.313. The fourth-order valence-corrected chi connectivity index (χ4v) is 0.991. The van der Waals surface area contributed by atoms with Crippen molar-refractivity contribution in [2.45, 2.75) is 6.92 Å². The van der Waals surface area contributed by atoms with Crippen molar-refractivity contribution < 1.29 is 9.59 Å². The van der Waals surface area contributed by atoms with E-state index in [-0.39, 0.29) is 5.91 Å². The van der Waals surface area contributed by atoms with E-state index in [1.807, 2.05) is 0 Å². The predicted molar refractivity (Wildman–Crippen MR) is 52.3 cm³/mol. The first kappa shape index (κ1) is 10.2. The number of benzene rings is 1. The lowest BCUT2D eigenvalue weighted by atomic mass is 10.2. The number of primary amides is 1. The largest absolute Gasteiger partial charge is 0.366 e. The molecule has 1 aromatic carbocycles. The molecule has 4 N–H and O–H groups in total. The molecule has 0 aromatic heterocycles. The van der Waals surface area contributed by atoms with Crippen molar-refractivity contribution in [3.05, 3.63) is 29.8 Å². The first-order valence-corrected chi connectivity index (χ1v) is 3.97. The molecule has 14 heavy (non-hydrogen) atoms. The third-order valence-electron chi connectivity index (χ3n) is 1.75. The van der Waals surface area contributed by atoms with Gasteiger partial charge in [0.15, 0.2) is 0 Å². The van der Waals surface area contributed by atoms with Gasteiger partial charge >= 0.3 is 0 Å². The smallest absolute Gasteiger partial charge is 0.248 e. The lowest BCUT2D eigenvalue weighted by molar-refractivity contribution is -0.116. The number of hydrazine groups is 1. The second-order valence-corrected chi connectivity index (χ2v) is 2.80. The molecule has 0 bridgehead atoms. The number of nitrogens with two attached hydrogens (primary N) is 2. The Morgan fingerprint density at radius 1 is 1.36 bits per heavy atom. The number of rotatable bonds is 2. The Balaban J connectivity index is 3.05. The lowest BCUT2D eigenvalue weighted by Crippen LogP contribution is -2.35. The zero-order chi connectivity index (χ0) is 10.7. The molecule has 0 aliphatic heterocycles. The van der Waals surface area contributed by atoms with E-state index < -0.39 is 5.91 Å². The molecule has 0 spiro atoms. The molecule has 0 radical (unpaired) electrons. The van der Waals surface area contributed by atoms with E-state index in [2.05, 4.69) is 0 Å². The number of anilines is 1. The van der Waals surface area contributed by atoms with Crippen LogP contribution in [0.25, 0.3) is 0 Å². The van der Waals surface area contributed by atoms with Crippen molar-refractivity contribution >= 4 is 17.5 Å². The predicted octanol–water partition coefficient (Wildman–Crippen LogP) is 0.0121. The lowest BCUT2D eigenvalue weighted by Gasteiger charge is -2.14. The van der Waals surface area contributed by atoms with Crippen LogP contribution in [0.4, 0.5) is 5.69 Å². The summed E-state index contributed by atoms with van der Waals surface area (Å²) in [6.45, 7) is 1.33. The summed E-state index contributed by atoms with van der Waals surface area (Å²) in [5.74, 6) is 4.57. The van der Waals surface area contributed by atoms with Crippen LogP contribution in [0.1, 0.15) is 17.3 Å². The summed E-state index contributed by atoms with van der Waals surface area (Å²) in [5, 5.41) is 0.951. The Labute approximate surface area is 81.3 Å². The van der Waals surface area contributed by atoms with E-state index in [0.29, 0.717) is 11.3 Å². The normalized spacial score (nSPS) is 9.57. The first-order chi connectivity index (χ1) is 6.52. The molecule has 74 valence electrons. The van der Waals surface area contributed by atoms with Gasteiger partial charge in [-0.25, -0.2) is 10.9 Å². The molecule has 0 fully saturated rings. The molecule has 2 amide bonds. The Morgan fingerprint density at radius 3 is 2.50 bits per heavy atom. The fraction of sp³-hybridized carbons (Fsp3) is 0.111. The van der Waals surface area contributed by atoms with Crippen molar-refractivity contribution in [3.8, 4) is 0 Å². The Bertz CT molecular complexity index is 376. The highest BCUT2D eigenvalue weighted by molar-refractivity contribution is 5.96. The van der Waals surface area contributed by atoms with Gasteiger partial charge < -0.3 is 5.73 Å². The number of carbonyl (C=O) groups excluding carboxylic acids is 2. The molecule has 1 aromatic rings. The van der Waals surface area contributed by atoms with Crippen LogP contribution in [0.15, 0.2) is 24.3 Å². The average molecular weight is 193 g/mol. The van der Waals surface area contributed by atoms with E-state index in [4.69, 9.17) is 11.6 Å². The number of nitrogens with zero attached hydrogens (tertiary/aromatic N) is 1. The quantitative estimate of drug-likeness (QED) is 0.394. The maximum Gasteiger partial charge on any atom is 0.248 e. The van der Waals surface area contributed by atoms with Crippen LogP contribution in [0.2, 0.25) is 0 Å². The number of amides is 2. The van der Waals surface area contributed by atoms with E-state index in [9.17, 15) is 9.59 Å². The number of carbonyl (C=O) groups is 2. The van der Waals surface area contributed by atoms with E-state index in [0.717, 1.165) is 5.01 Å². The van der Waals surface area contributed by atoms with Crippen LogP contribution in [-0.4, -0.2) is 11.8 Å². The van der Waals surface area contributed by atoms with Gasteiger partial charge in [0.1, 0.15) is 0 Å². The summed E-state index contributed by atoms with van der Waals surface area (Å²) < 4.78 is 0. The van der Waals surface area contributed by atoms with Gasteiger partial charge in [-0.05, 0) is 18.2 Å². The molecular weight excluding hydrogens is 182 g/mol. The first-order valence-electron chi connectivity index (χ1n) is 3.97. The molecule has 0 saturated heterocycles. The van der Waals surface area contributed by atoms with Crippen molar-refractivity contribution in [2.75, 3.05) is 5.01 Å². The maximum absolute atomic E-state index is 10.9. The second-order valence-electron chi connectivity index (χ2n) is 2.80. The van der Waals surface area contributed by atoms with E-state index in [1.54, 1.807) is 18.2 Å². The maximum atomic E-state index is 10.9. The molecule has 0 aliphatic rings. The molecule has 0 aliphatic carbocycles. The van der Waals surface area contributed by atoms with Gasteiger partial charge in [0.05, 0.1) is 5.69 Å². The summed E-state index contributed by atoms with van der Waals surface area (Å²) in [5.41, 5.74) is 5.83. The minimum atomic E-state index is -0.552. The SMILES string of the molecule is CC(=O)N(N)c1cccc(C(N)=O)c1. The third kappa shape index (κ3) is 2.08. The summed E-state index contributed by atoms with van der Waals surface area (Å²) in [6, 6.07) is 6.25. The monoisotopic (exact) mass is 193 g/mol. The van der Waals surface area contributed by atoms with Gasteiger partial charge in [0.25, 0.3) is 0 Å². The fourth-order valence-electron chi connectivity index (χ4n) is 0.991. The topological polar surface area (TPSA) is 89.4 Å². The molecule has 5 heteroatoms. The standard InChI is InChI=1S/C9H11N3O2/c1-6(13)12(11)8-4-2-3-7(5-8)9(10)14/h2-5H,11H2,1H3,(H2,10,14). The summed E-state index contributed by atoms with van der Waals surface area (Å²) in [6.07, 6.45) is 0. The molecular formula is C9H11N3O2.